The van der Waals surface area contributed by atoms with Crippen molar-refractivity contribution >= 4 is 37.8 Å². The molecule has 2 aromatic carbocycles. The number of benzene rings is 2. The maximum atomic E-state index is 11.6. The summed E-state index contributed by atoms with van der Waals surface area (Å²) in [6.45, 7) is 1.74. The van der Waals surface area contributed by atoms with Gasteiger partial charge in [0.2, 0.25) is 0 Å². The van der Waals surface area contributed by atoms with Crippen LogP contribution in [0.3, 0.4) is 0 Å². The molecule has 0 spiro atoms. The quantitative estimate of drug-likeness (QED) is 0.701. The third-order valence-electron chi connectivity index (χ3n) is 5.31. The van der Waals surface area contributed by atoms with Crippen LogP contribution in [0.4, 0.5) is 17.2 Å². The smallest absolute Gasteiger partial charge is 0.175 e. The largest absolute Gasteiger partial charge is 0.371 e. The Kier molecular flexibility index (Phi) is 5.12. The van der Waals surface area contributed by atoms with E-state index in [1.54, 1.807) is 24.3 Å². The second-order valence-electron chi connectivity index (χ2n) is 7.38. The molecule has 1 aliphatic rings. The van der Waals surface area contributed by atoms with E-state index in [9.17, 15) is 8.42 Å². The molecule has 0 atom stereocenters. The van der Waals surface area contributed by atoms with E-state index >= 15 is 0 Å². The summed E-state index contributed by atoms with van der Waals surface area (Å²) in [5.41, 5.74) is 1.92. The first-order valence-electron chi connectivity index (χ1n) is 9.54. The summed E-state index contributed by atoms with van der Waals surface area (Å²) in [7, 11) is -3.21. The van der Waals surface area contributed by atoms with Crippen molar-refractivity contribution < 1.29 is 8.42 Å². The Bertz CT molecular complexity index is 1180. The van der Waals surface area contributed by atoms with Gasteiger partial charge in [-0.25, -0.2) is 13.4 Å². The molecule has 7 heteroatoms. The first kappa shape index (κ1) is 19.2. The van der Waals surface area contributed by atoms with Crippen LogP contribution >= 0.6 is 0 Å². The van der Waals surface area contributed by atoms with E-state index in [2.05, 4.69) is 27.3 Å². The van der Waals surface area contributed by atoms with Gasteiger partial charge in [-0.05, 0) is 49.2 Å². The molecule has 6 nitrogen and oxygen atoms in total. The van der Waals surface area contributed by atoms with Crippen molar-refractivity contribution in [2.75, 3.05) is 29.6 Å². The van der Waals surface area contributed by atoms with Crippen LogP contribution in [0.25, 0.3) is 10.8 Å². The highest BCUT2D eigenvalue weighted by atomic mass is 32.2. The number of piperidine rings is 1. The van der Waals surface area contributed by atoms with E-state index in [4.69, 9.17) is 5.26 Å². The van der Waals surface area contributed by atoms with E-state index in [0.29, 0.717) is 5.82 Å². The molecular formula is C22H22N4O2S. The van der Waals surface area contributed by atoms with Gasteiger partial charge >= 0.3 is 0 Å². The predicted molar refractivity (Wildman–Crippen MR) is 115 cm³/mol. The number of rotatable bonds is 4. The van der Waals surface area contributed by atoms with Crippen molar-refractivity contribution in [2.45, 2.75) is 17.7 Å². The molecule has 0 saturated carbocycles. The van der Waals surface area contributed by atoms with Crippen molar-refractivity contribution in [2.24, 2.45) is 5.92 Å². The zero-order valence-electron chi connectivity index (χ0n) is 16.2. The third kappa shape index (κ3) is 4.17. The molecule has 1 aliphatic heterocycles. The van der Waals surface area contributed by atoms with Gasteiger partial charge in [0.25, 0.3) is 0 Å². The van der Waals surface area contributed by atoms with Crippen LogP contribution in [-0.4, -0.2) is 32.7 Å². The van der Waals surface area contributed by atoms with Gasteiger partial charge in [0.15, 0.2) is 9.84 Å². The number of sulfone groups is 1. The number of nitrogens with one attached hydrogen (secondary N) is 1. The Hall–Kier alpha value is -3.11. The van der Waals surface area contributed by atoms with E-state index in [-0.39, 0.29) is 10.8 Å². The topological polar surface area (TPSA) is 86.1 Å². The lowest BCUT2D eigenvalue weighted by atomic mass is 9.97. The minimum Gasteiger partial charge on any atom is -0.371 e. The number of anilines is 3. The van der Waals surface area contributed by atoms with Gasteiger partial charge in [-0.3, -0.25) is 0 Å². The molecule has 2 heterocycles. The van der Waals surface area contributed by atoms with Crippen LogP contribution in [0.1, 0.15) is 12.8 Å². The van der Waals surface area contributed by atoms with Gasteiger partial charge in [-0.2, -0.15) is 5.26 Å². The Morgan fingerprint density at radius 3 is 2.52 bits per heavy atom. The number of nitriles is 1. The lowest BCUT2D eigenvalue weighted by Crippen LogP contribution is -2.33. The van der Waals surface area contributed by atoms with Gasteiger partial charge < -0.3 is 10.2 Å². The summed E-state index contributed by atoms with van der Waals surface area (Å²) < 4.78 is 23.2. The monoisotopic (exact) mass is 406 g/mol. The van der Waals surface area contributed by atoms with E-state index in [0.717, 1.165) is 48.1 Å². The molecule has 1 N–H and O–H groups in total. The predicted octanol–water partition coefficient (Wildman–Crippen LogP) is 4.12. The summed E-state index contributed by atoms with van der Waals surface area (Å²) in [6.07, 6.45) is 4.81. The minimum atomic E-state index is -3.21. The van der Waals surface area contributed by atoms with Crippen molar-refractivity contribution in [3.8, 4) is 6.07 Å². The standard InChI is InChI=1S/C22H22N4O2S/c1-29(27,28)19-7-5-18(6-8-19)25-22-13-20-17(15-24-22)3-2-4-21(20)26-11-9-16(14-23)10-12-26/h2-8,13,15-16H,9-12H2,1H3,(H,24,25). The number of pyridine rings is 1. The van der Waals surface area contributed by atoms with Crippen molar-refractivity contribution in [3.05, 3.63) is 54.7 Å². The average molecular weight is 407 g/mol. The van der Waals surface area contributed by atoms with Crippen molar-refractivity contribution in [1.29, 1.82) is 5.26 Å². The summed E-state index contributed by atoms with van der Waals surface area (Å²) in [6, 6.07) is 17.2. The minimum absolute atomic E-state index is 0.148. The van der Waals surface area contributed by atoms with Gasteiger partial charge in [0.1, 0.15) is 5.82 Å². The van der Waals surface area contributed by atoms with Gasteiger partial charge in [-0.1, -0.05) is 12.1 Å². The van der Waals surface area contributed by atoms with Crippen LogP contribution in [0.2, 0.25) is 0 Å². The SMILES string of the molecule is CS(=O)(=O)c1ccc(Nc2cc3c(N4CCC(C#N)CC4)cccc3cn2)cc1. The molecule has 0 amide bonds. The van der Waals surface area contributed by atoms with Crippen molar-refractivity contribution in [3.63, 3.8) is 0 Å². The Morgan fingerprint density at radius 1 is 1.14 bits per heavy atom. The molecule has 0 bridgehead atoms. The molecule has 148 valence electrons. The Labute approximate surface area is 170 Å². The van der Waals surface area contributed by atoms with Crippen LogP contribution in [-0.2, 0) is 9.84 Å². The van der Waals surface area contributed by atoms with E-state index < -0.39 is 9.84 Å². The summed E-state index contributed by atoms with van der Waals surface area (Å²) in [5, 5.41) is 14.6. The molecule has 1 aromatic heterocycles. The lowest BCUT2D eigenvalue weighted by Gasteiger charge is -2.32. The van der Waals surface area contributed by atoms with Crippen LogP contribution in [0.5, 0.6) is 0 Å². The number of aromatic nitrogens is 1. The maximum absolute atomic E-state index is 11.6. The fraction of sp³-hybridized carbons (Fsp3) is 0.273. The van der Waals surface area contributed by atoms with Gasteiger partial charge in [0.05, 0.1) is 11.0 Å². The molecule has 3 aromatic rings. The first-order chi connectivity index (χ1) is 13.9. The Morgan fingerprint density at radius 2 is 1.86 bits per heavy atom. The van der Waals surface area contributed by atoms with E-state index in [1.165, 1.54) is 6.26 Å². The van der Waals surface area contributed by atoms with Crippen LogP contribution in [0.15, 0.2) is 59.6 Å². The first-order valence-corrected chi connectivity index (χ1v) is 11.4. The van der Waals surface area contributed by atoms with Crippen LogP contribution in [0, 0.1) is 17.2 Å². The van der Waals surface area contributed by atoms with Gasteiger partial charge in [0, 0.05) is 53.6 Å². The van der Waals surface area contributed by atoms with E-state index in [1.807, 2.05) is 24.4 Å². The second kappa shape index (κ2) is 7.72. The molecule has 4 rings (SSSR count). The van der Waals surface area contributed by atoms with Crippen LogP contribution < -0.4 is 10.2 Å². The third-order valence-corrected chi connectivity index (χ3v) is 6.44. The molecule has 0 radical (unpaired) electrons. The summed E-state index contributed by atoms with van der Waals surface area (Å²) in [5.74, 6) is 0.846. The maximum Gasteiger partial charge on any atom is 0.175 e. The van der Waals surface area contributed by atoms with Gasteiger partial charge in [-0.15, -0.1) is 0 Å². The zero-order valence-corrected chi connectivity index (χ0v) is 17.0. The fourth-order valence-corrected chi connectivity index (χ4v) is 4.31. The highest BCUT2D eigenvalue weighted by Crippen LogP contribution is 2.31. The average Bonchev–Trinajstić information content (AvgIpc) is 2.73. The summed E-state index contributed by atoms with van der Waals surface area (Å²) >= 11 is 0. The number of hydrogen-bond acceptors (Lipinski definition) is 6. The zero-order chi connectivity index (χ0) is 20.4. The molecule has 0 aliphatic carbocycles. The number of nitrogens with zero attached hydrogens (tertiary/aromatic N) is 3. The lowest BCUT2D eigenvalue weighted by molar-refractivity contribution is 0.488. The van der Waals surface area contributed by atoms with Crippen molar-refractivity contribution in [1.82, 2.24) is 4.98 Å². The highest BCUT2D eigenvalue weighted by Gasteiger charge is 2.20. The Balaban J connectivity index is 1.61. The highest BCUT2D eigenvalue weighted by molar-refractivity contribution is 7.90. The number of hydrogen-bond donors (Lipinski definition) is 1. The molecule has 1 fully saturated rings. The molecule has 1 saturated heterocycles. The number of fused-ring (bicyclic) bond motifs is 1. The molecule has 0 unspecified atom stereocenters. The molecule has 29 heavy (non-hydrogen) atoms. The molecular weight excluding hydrogens is 384 g/mol. The normalized spacial score (nSPS) is 15.2. The fourth-order valence-electron chi connectivity index (χ4n) is 3.68. The second-order valence-corrected chi connectivity index (χ2v) is 9.40. The summed E-state index contributed by atoms with van der Waals surface area (Å²) in [4.78, 5) is 7.12.